The van der Waals surface area contributed by atoms with Crippen LogP contribution in [0.4, 0.5) is 8.78 Å². The van der Waals surface area contributed by atoms with Gasteiger partial charge in [-0.2, -0.15) is 0 Å². The van der Waals surface area contributed by atoms with Gasteiger partial charge in [-0.25, -0.2) is 13.8 Å². The molecule has 0 radical (unpaired) electrons. The number of nitrogens with zero attached hydrogens (tertiary/aromatic N) is 3. The molecular weight excluding hydrogens is 312 g/mol. The van der Waals surface area contributed by atoms with Gasteiger partial charge in [0.15, 0.2) is 11.6 Å². The minimum atomic E-state index is -0.996. The zero-order valence-corrected chi connectivity index (χ0v) is 13.9. The van der Waals surface area contributed by atoms with Gasteiger partial charge in [-0.1, -0.05) is 0 Å². The van der Waals surface area contributed by atoms with E-state index >= 15 is 0 Å². The van der Waals surface area contributed by atoms with Crippen molar-refractivity contribution in [3.63, 3.8) is 0 Å². The zero-order chi connectivity index (χ0) is 17.3. The Kier molecular flexibility index (Phi) is 4.64. The maximum absolute atomic E-state index is 13.4. The van der Waals surface area contributed by atoms with Crippen molar-refractivity contribution in [2.45, 2.75) is 38.6 Å². The van der Waals surface area contributed by atoms with Crippen molar-refractivity contribution in [3.05, 3.63) is 53.6 Å². The van der Waals surface area contributed by atoms with Crippen LogP contribution in [0.25, 0.3) is 0 Å². The van der Waals surface area contributed by atoms with Gasteiger partial charge >= 0.3 is 0 Å². The van der Waals surface area contributed by atoms with E-state index in [1.807, 2.05) is 6.20 Å². The molecule has 0 spiro atoms. The number of carbonyl (C=O) groups excluding carboxylic acids is 1. The van der Waals surface area contributed by atoms with Crippen LogP contribution in [0, 0.1) is 11.6 Å². The summed E-state index contributed by atoms with van der Waals surface area (Å²) in [4.78, 5) is 18.8. The average molecular weight is 333 g/mol. The number of benzene rings is 1. The van der Waals surface area contributed by atoms with Crippen molar-refractivity contribution in [2.75, 3.05) is 13.1 Å². The molecule has 0 saturated carbocycles. The van der Waals surface area contributed by atoms with Crippen molar-refractivity contribution in [2.24, 2.45) is 0 Å². The zero-order valence-electron chi connectivity index (χ0n) is 13.9. The van der Waals surface area contributed by atoms with E-state index in [1.54, 1.807) is 11.1 Å². The molecule has 2 aromatic rings. The Balaban J connectivity index is 1.79. The summed E-state index contributed by atoms with van der Waals surface area (Å²) in [6.07, 6.45) is 5.57. The van der Waals surface area contributed by atoms with Crippen LogP contribution in [0.3, 0.4) is 0 Å². The number of hydrogen-bond acceptors (Lipinski definition) is 2. The first kappa shape index (κ1) is 16.6. The third-order valence-corrected chi connectivity index (χ3v) is 4.50. The van der Waals surface area contributed by atoms with Crippen molar-refractivity contribution in [1.82, 2.24) is 14.5 Å². The van der Waals surface area contributed by atoms with Gasteiger partial charge < -0.3 is 9.47 Å². The largest absolute Gasteiger partial charge is 0.338 e. The minimum absolute atomic E-state index is 0.158. The molecule has 1 aliphatic rings. The number of amides is 1. The molecule has 0 N–H and O–H groups in total. The van der Waals surface area contributed by atoms with Gasteiger partial charge in [0, 0.05) is 43.0 Å². The average Bonchev–Trinajstić information content (AvgIpc) is 3.07. The number of imidazole rings is 1. The third kappa shape index (κ3) is 3.18. The number of piperidine rings is 1. The summed E-state index contributed by atoms with van der Waals surface area (Å²) < 4.78 is 28.6. The maximum Gasteiger partial charge on any atom is 0.253 e. The summed E-state index contributed by atoms with van der Waals surface area (Å²) >= 11 is 0. The van der Waals surface area contributed by atoms with Crippen LogP contribution in [-0.4, -0.2) is 33.4 Å². The van der Waals surface area contributed by atoms with Gasteiger partial charge in [-0.3, -0.25) is 4.79 Å². The number of likely N-dealkylation sites (tertiary alicyclic amines) is 1. The summed E-state index contributed by atoms with van der Waals surface area (Å²) in [7, 11) is 0. The van der Waals surface area contributed by atoms with Gasteiger partial charge in [0.25, 0.3) is 5.91 Å². The fourth-order valence-corrected chi connectivity index (χ4v) is 3.26. The molecule has 0 aliphatic carbocycles. The van der Waals surface area contributed by atoms with Crippen LogP contribution in [0.1, 0.15) is 54.8 Å². The van der Waals surface area contributed by atoms with Crippen molar-refractivity contribution >= 4 is 5.91 Å². The fourth-order valence-electron chi connectivity index (χ4n) is 3.26. The van der Waals surface area contributed by atoms with E-state index in [1.165, 1.54) is 6.07 Å². The lowest BCUT2D eigenvalue weighted by Crippen LogP contribution is -2.39. The van der Waals surface area contributed by atoms with E-state index < -0.39 is 11.6 Å². The van der Waals surface area contributed by atoms with E-state index in [0.29, 0.717) is 19.1 Å². The Morgan fingerprint density at radius 1 is 1.29 bits per heavy atom. The first-order chi connectivity index (χ1) is 11.5. The lowest BCUT2D eigenvalue weighted by Gasteiger charge is -2.33. The summed E-state index contributed by atoms with van der Waals surface area (Å²) in [5, 5.41) is 0. The predicted molar refractivity (Wildman–Crippen MR) is 86.8 cm³/mol. The first-order valence-corrected chi connectivity index (χ1v) is 8.24. The fraction of sp³-hybridized carbons (Fsp3) is 0.444. The number of rotatable bonds is 3. The molecule has 1 aromatic carbocycles. The molecule has 1 aliphatic heterocycles. The molecule has 4 nitrogen and oxygen atoms in total. The van der Waals surface area contributed by atoms with Crippen LogP contribution in [-0.2, 0) is 0 Å². The van der Waals surface area contributed by atoms with Crippen LogP contribution < -0.4 is 0 Å². The smallest absolute Gasteiger partial charge is 0.253 e. The normalized spacial score (nSPS) is 18.2. The molecule has 1 fully saturated rings. The predicted octanol–water partition coefficient (Wildman–Crippen LogP) is 3.76. The van der Waals surface area contributed by atoms with Gasteiger partial charge in [0.2, 0.25) is 0 Å². The number of halogens is 2. The van der Waals surface area contributed by atoms with Gasteiger partial charge in [-0.15, -0.1) is 0 Å². The van der Waals surface area contributed by atoms with Crippen molar-refractivity contribution < 1.29 is 13.6 Å². The van der Waals surface area contributed by atoms with E-state index in [9.17, 15) is 13.6 Å². The van der Waals surface area contributed by atoms with E-state index in [-0.39, 0.29) is 17.4 Å². The Morgan fingerprint density at radius 2 is 2.08 bits per heavy atom. The van der Waals surface area contributed by atoms with Crippen molar-refractivity contribution in [1.29, 1.82) is 0 Å². The van der Waals surface area contributed by atoms with Crippen LogP contribution in [0.15, 0.2) is 30.6 Å². The maximum atomic E-state index is 13.4. The van der Waals surface area contributed by atoms with E-state index in [2.05, 4.69) is 23.4 Å². The second kappa shape index (κ2) is 6.71. The SMILES string of the molecule is CC(C)n1ccnc1[C@H]1CCCN(C(=O)c2ccc(F)c(F)c2)C1. The molecule has 128 valence electrons. The molecule has 0 bridgehead atoms. The highest BCUT2D eigenvalue weighted by molar-refractivity contribution is 5.94. The molecule has 2 heterocycles. The second-order valence-electron chi connectivity index (χ2n) is 6.51. The van der Waals surface area contributed by atoms with Crippen LogP contribution in [0.2, 0.25) is 0 Å². The van der Waals surface area contributed by atoms with Crippen LogP contribution in [0.5, 0.6) is 0 Å². The monoisotopic (exact) mass is 333 g/mol. The Labute approximate surface area is 140 Å². The molecule has 3 rings (SSSR count). The molecule has 1 saturated heterocycles. The standard InChI is InChI=1S/C18H21F2N3O/c1-12(2)23-9-7-21-17(23)14-4-3-8-22(11-14)18(24)13-5-6-15(19)16(20)10-13/h5-7,9-10,12,14H,3-4,8,11H2,1-2H3/t14-/m0/s1. The molecule has 6 heteroatoms. The Hall–Kier alpha value is -2.24. The third-order valence-electron chi connectivity index (χ3n) is 4.50. The topological polar surface area (TPSA) is 38.1 Å². The molecule has 1 amide bonds. The molecule has 24 heavy (non-hydrogen) atoms. The highest BCUT2D eigenvalue weighted by Crippen LogP contribution is 2.28. The Bertz CT molecular complexity index is 742. The number of hydrogen-bond donors (Lipinski definition) is 0. The number of aromatic nitrogens is 2. The molecule has 0 unspecified atom stereocenters. The number of carbonyl (C=O) groups is 1. The summed E-state index contributed by atoms with van der Waals surface area (Å²) in [5.41, 5.74) is 0.182. The quantitative estimate of drug-likeness (QED) is 0.858. The highest BCUT2D eigenvalue weighted by atomic mass is 19.2. The Morgan fingerprint density at radius 3 is 2.79 bits per heavy atom. The van der Waals surface area contributed by atoms with E-state index in [0.717, 1.165) is 30.8 Å². The lowest BCUT2D eigenvalue weighted by atomic mass is 9.96. The second-order valence-corrected chi connectivity index (χ2v) is 6.51. The highest BCUT2D eigenvalue weighted by Gasteiger charge is 2.28. The minimum Gasteiger partial charge on any atom is -0.338 e. The molecule has 1 atom stereocenters. The first-order valence-electron chi connectivity index (χ1n) is 8.24. The lowest BCUT2D eigenvalue weighted by molar-refractivity contribution is 0.0702. The van der Waals surface area contributed by atoms with Crippen LogP contribution >= 0.6 is 0 Å². The van der Waals surface area contributed by atoms with E-state index in [4.69, 9.17) is 0 Å². The summed E-state index contributed by atoms with van der Waals surface area (Å²) in [6, 6.07) is 3.60. The molecular formula is C18H21F2N3O. The van der Waals surface area contributed by atoms with Gasteiger partial charge in [0.05, 0.1) is 0 Å². The van der Waals surface area contributed by atoms with Gasteiger partial charge in [-0.05, 0) is 44.9 Å². The summed E-state index contributed by atoms with van der Waals surface area (Å²) in [6.45, 7) is 5.36. The summed E-state index contributed by atoms with van der Waals surface area (Å²) in [5.74, 6) is -1.06. The van der Waals surface area contributed by atoms with Gasteiger partial charge in [0.1, 0.15) is 5.82 Å². The van der Waals surface area contributed by atoms with Crippen molar-refractivity contribution in [3.8, 4) is 0 Å². The molecule has 1 aromatic heterocycles.